The van der Waals surface area contributed by atoms with E-state index < -0.39 is 99.7 Å². The molecule has 0 atom stereocenters. The molecule has 0 fully saturated rings. The lowest BCUT2D eigenvalue weighted by Crippen LogP contribution is -2.61. The minimum atomic E-state index is -7.98. The number of hydrogen-bond acceptors (Lipinski definition) is 5. The number of halogens is 18. The number of carbonyl (C=O) groups is 2. The molecule has 1 rings (SSSR count). The number of aliphatic hydroxyl groups is 3. The summed E-state index contributed by atoms with van der Waals surface area (Å²) in [6.45, 7) is 0. The van der Waals surface area contributed by atoms with Crippen LogP contribution in [0.5, 0.6) is 0 Å². The molecule has 242 valence electrons. The zero-order valence-electron chi connectivity index (χ0n) is 18.4. The molecule has 25 heteroatoms. The van der Waals surface area contributed by atoms with E-state index in [1.54, 1.807) is 0 Å². The predicted molar refractivity (Wildman–Crippen MR) is 88.4 cm³/mol. The van der Waals surface area contributed by atoms with E-state index in [1.807, 2.05) is 0 Å². The maximum Gasteiger partial charge on any atom is 0.430 e. The van der Waals surface area contributed by atoms with Crippen LogP contribution in [0.4, 0.5) is 79.0 Å². The first-order valence-corrected chi connectivity index (χ1v) is 9.26. The van der Waals surface area contributed by atoms with Gasteiger partial charge in [0, 0.05) is 16.7 Å². The Bertz CT molecular complexity index is 1200. The van der Waals surface area contributed by atoms with Crippen LogP contribution in [0.15, 0.2) is 6.07 Å². The average Bonchev–Trinajstić information content (AvgIpc) is 2.70. The first-order valence-electron chi connectivity index (χ1n) is 9.26. The zero-order chi connectivity index (χ0) is 34.2. The van der Waals surface area contributed by atoms with Gasteiger partial charge in [0.05, 0.1) is 11.1 Å². The third kappa shape index (κ3) is 5.03. The zero-order valence-corrected chi connectivity index (χ0v) is 18.4. The summed E-state index contributed by atoms with van der Waals surface area (Å²) >= 11 is 0. The van der Waals surface area contributed by atoms with E-state index in [1.165, 1.54) is 0 Å². The van der Waals surface area contributed by atoms with E-state index in [2.05, 4.69) is 0 Å². The fourth-order valence-corrected chi connectivity index (χ4v) is 3.45. The molecule has 0 spiro atoms. The summed E-state index contributed by atoms with van der Waals surface area (Å²) in [6, 6.07) is -1.94. The molecular weight excluding hydrogens is 658 g/mol. The minimum Gasteiger partial charge on any atom is -0.478 e. The highest BCUT2D eigenvalue weighted by atomic mass is 19.4. The van der Waals surface area contributed by atoms with Gasteiger partial charge >= 0.3 is 49.0 Å². The van der Waals surface area contributed by atoms with Crippen LogP contribution in [-0.4, -0.2) is 74.5 Å². The molecular formula is C17H6F18O7. The SMILES string of the molecule is O=C(O)c1cc(C(O)(C(F)(F)F)C(F)(F)F)c(C(=O)O)c(C(O)(C(F)(F)F)C(F)(F)F)c1C(O)(C(F)(F)F)C(F)(F)F. The summed E-state index contributed by atoms with van der Waals surface area (Å²) in [4.78, 5) is 23.1. The molecule has 0 amide bonds. The number of carboxylic acids is 2. The van der Waals surface area contributed by atoms with Gasteiger partial charge < -0.3 is 25.5 Å². The van der Waals surface area contributed by atoms with E-state index in [0.29, 0.717) is 0 Å². The summed E-state index contributed by atoms with van der Waals surface area (Å²) < 4.78 is 244. The Morgan fingerprint density at radius 1 is 0.452 bits per heavy atom. The van der Waals surface area contributed by atoms with Crippen molar-refractivity contribution in [2.45, 2.75) is 53.9 Å². The van der Waals surface area contributed by atoms with Gasteiger partial charge in [-0.2, -0.15) is 79.0 Å². The van der Waals surface area contributed by atoms with Crippen molar-refractivity contribution in [1.29, 1.82) is 0 Å². The Morgan fingerprint density at radius 2 is 0.714 bits per heavy atom. The van der Waals surface area contributed by atoms with Crippen molar-refractivity contribution in [2.24, 2.45) is 0 Å². The maximum atomic E-state index is 13.7. The van der Waals surface area contributed by atoms with Crippen LogP contribution in [0.25, 0.3) is 0 Å². The Kier molecular flexibility index (Phi) is 8.46. The molecule has 1 aromatic rings. The smallest absolute Gasteiger partial charge is 0.430 e. The quantitative estimate of drug-likeness (QED) is 0.279. The van der Waals surface area contributed by atoms with Gasteiger partial charge in [0.2, 0.25) is 0 Å². The molecule has 0 aromatic heterocycles. The lowest BCUT2D eigenvalue weighted by Gasteiger charge is -2.42. The Labute approximate surface area is 215 Å². The molecule has 0 unspecified atom stereocenters. The van der Waals surface area contributed by atoms with Crippen molar-refractivity contribution in [2.75, 3.05) is 0 Å². The largest absolute Gasteiger partial charge is 0.478 e. The highest BCUT2D eigenvalue weighted by molar-refractivity contribution is 5.98. The standard InChI is InChI=1S/C17H6F18O7/c18-12(19,20)9(40,13(21,22)23)3-1-2(7(36)37)5(10(41,14(24,25)26)15(27,28)29)6(4(3)8(38)39)11(42,16(30,31)32)17(33,34)35/h1,40-42H,(H,36,37)(H,38,39). The van der Waals surface area contributed by atoms with E-state index in [9.17, 15) is 104 Å². The number of carboxylic acid groups (broad SMARTS) is 2. The van der Waals surface area contributed by atoms with Crippen LogP contribution in [-0.2, 0) is 16.8 Å². The Morgan fingerprint density at radius 3 is 0.929 bits per heavy atom. The first kappa shape index (κ1) is 36.8. The average molecular weight is 664 g/mol. The second-order valence-electron chi connectivity index (χ2n) is 7.82. The minimum absolute atomic E-state index is 1.94. The number of rotatable bonds is 5. The number of alkyl halides is 18. The molecule has 0 radical (unpaired) electrons. The van der Waals surface area contributed by atoms with Crippen molar-refractivity contribution in [3.05, 3.63) is 33.9 Å². The number of hydrogen-bond donors (Lipinski definition) is 5. The summed E-state index contributed by atoms with van der Waals surface area (Å²) in [7, 11) is 0. The molecule has 7 nitrogen and oxygen atoms in total. The fraction of sp³-hybridized carbons (Fsp3) is 0.529. The molecule has 1 aromatic carbocycles. The van der Waals surface area contributed by atoms with Crippen LogP contribution in [0.2, 0.25) is 0 Å². The third-order valence-electron chi connectivity index (χ3n) is 5.35. The van der Waals surface area contributed by atoms with E-state index in [-0.39, 0.29) is 0 Å². The monoisotopic (exact) mass is 664 g/mol. The third-order valence-corrected chi connectivity index (χ3v) is 5.35. The van der Waals surface area contributed by atoms with Gasteiger partial charge in [-0.1, -0.05) is 0 Å². The van der Waals surface area contributed by atoms with Crippen LogP contribution in [0.3, 0.4) is 0 Å². The predicted octanol–water partition coefficient (Wildman–Crippen LogP) is 5.02. The molecule has 0 heterocycles. The summed E-state index contributed by atoms with van der Waals surface area (Å²) in [5, 5.41) is 46.6. The van der Waals surface area contributed by atoms with Crippen molar-refractivity contribution in [3.63, 3.8) is 0 Å². The van der Waals surface area contributed by atoms with Gasteiger partial charge in [0.15, 0.2) is 0 Å². The fourth-order valence-electron chi connectivity index (χ4n) is 3.45. The second-order valence-corrected chi connectivity index (χ2v) is 7.82. The van der Waals surface area contributed by atoms with Crippen molar-refractivity contribution in [1.82, 2.24) is 0 Å². The first-order chi connectivity index (χ1) is 18.0. The Balaban J connectivity index is 5.33. The van der Waals surface area contributed by atoms with Crippen LogP contribution < -0.4 is 0 Å². The van der Waals surface area contributed by atoms with Crippen LogP contribution in [0, 0.1) is 0 Å². The summed E-state index contributed by atoms with van der Waals surface area (Å²) in [5.74, 6) is -8.03. The van der Waals surface area contributed by atoms with Gasteiger partial charge in [-0.15, -0.1) is 0 Å². The molecule has 0 saturated carbocycles. The number of benzene rings is 1. The molecule has 42 heavy (non-hydrogen) atoms. The lowest BCUT2D eigenvalue weighted by atomic mass is 9.71. The van der Waals surface area contributed by atoms with Gasteiger partial charge in [0.1, 0.15) is 0 Å². The lowest BCUT2D eigenvalue weighted by molar-refractivity contribution is -0.388. The molecule has 0 saturated heterocycles. The summed E-state index contributed by atoms with van der Waals surface area (Å²) in [5.41, 5.74) is -44.0. The number of aromatic carboxylic acids is 2. The Hall–Kier alpha value is -3.22. The highest BCUT2D eigenvalue weighted by Gasteiger charge is 2.80. The normalized spacial score (nSPS) is 15.2. The molecule has 0 aliphatic rings. The topological polar surface area (TPSA) is 135 Å². The van der Waals surface area contributed by atoms with Gasteiger partial charge in [0.25, 0.3) is 16.8 Å². The van der Waals surface area contributed by atoms with Crippen LogP contribution >= 0.6 is 0 Å². The molecule has 5 N–H and O–H groups in total. The van der Waals surface area contributed by atoms with Gasteiger partial charge in [-0.25, -0.2) is 9.59 Å². The van der Waals surface area contributed by atoms with E-state index in [0.717, 1.165) is 0 Å². The van der Waals surface area contributed by atoms with E-state index in [4.69, 9.17) is 10.2 Å². The van der Waals surface area contributed by atoms with Gasteiger partial charge in [-0.05, 0) is 6.07 Å². The van der Waals surface area contributed by atoms with Gasteiger partial charge in [-0.3, -0.25) is 0 Å². The van der Waals surface area contributed by atoms with Crippen molar-refractivity contribution < 1.29 is 114 Å². The molecule has 0 aliphatic heterocycles. The maximum absolute atomic E-state index is 13.7. The molecule has 0 bridgehead atoms. The van der Waals surface area contributed by atoms with E-state index >= 15 is 0 Å². The summed E-state index contributed by atoms with van der Waals surface area (Å²) in [6.07, 6.45) is -46.8. The van der Waals surface area contributed by atoms with Crippen molar-refractivity contribution in [3.8, 4) is 0 Å². The second kappa shape index (κ2) is 9.65. The highest BCUT2D eigenvalue weighted by Crippen LogP contribution is 2.61. The van der Waals surface area contributed by atoms with Crippen molar-refractivity contribution >= 4 is 11.9 Å². The molecule has 0 aliphatic carbocycles. The van der Waals surface area contributed by atoms with Crippen LogP contribution in [0.1, 0.15) is 37.4 Å².